The maximum atomic E-state index is 11.8. The molecule has 110 valence electrons. The third-order valence-corrected chi connectivity index (χ3v) is 3.98. The van der Waals surface area contributed by atoms with Gasteiger partial charge in [-0.05, 0) is 25.9 Å². The number of rotatable bonds is 6. The molecule has 1 heterocycles. The molecule has 2 unspecified atom stereocenters. The zero-order valence-corrected chi connectivity index (χ0v) is 12.0. The molecule has 1 rings (SSSR count). The third-order valence-electron chi connectivity index (χ3n) is 3.98. The summed E-state index contributed by atoms with van der Waals surface area (Å²) in [5.74, 6) is -2.21. The molecule has 0 saturated carbocycles. The van der Waals surface area contributed by atoms with Gasteiger partial charge in [-0.2, -0.15) is 0 Å². The molecule has 0 aromatic rings. The lowest BCUT2D eigenvalue weighted by atomic mass is 9.95. The first-order chi connectivity index (χ1) is 9.02. The van der Waals surface area contributed by atoms with Crippen molar-refractivity contribution in [2.24, 2.45) is 11.8 Å². The van der Waals surface area contributed by atoms with E-state index in [1.54, 1.807) is 13.8 Å². The average Bonchev–Trinajstić information content (AvgIpc) is 2.65. The lowest BCUT2D eigenvalue weighted by Crippen LogP contribution is -2.40. The van der Waals surface area contributed by atoms with E-state index in [1.165, 1.54) is 25.7 Å². The minimum Gasteiger partial charge on any atom is -0.481 e. The van der Waals surface area contributed by atoms with Crippen LogP contribution in [0.15, 0.2) is 0 Å². The van der Waals surface area contributed by atoms with Gasteiger partial charge in [-0.1, -0.05) is 26.7 Å². The van der Waals surface area contributed by atoms with Crippen LogP contribution in [0.2, 0.25) is 0 Å². The van der Waals surface area contributed by atoms with Crippen molar-refractivity contribution < 1.29 is 14.7 Å². The molecule has 0 aromatic heterocycles. The monoisotopic (exact) mass is 270 g/mol. The fourth-order valence-corrected chi connectivity index (χ4v) is 2.30. The number of likely N-dealkylation sites (tertiary alicyclic amines) is 1. The van der Waals surface area contributed by atoms with Crippen molar-refractivity contribution in [3.63, 3.8) is 0 Å². The first kappa shape index (κ1) is 16.0. The second-order valence-electron chi connectivity index (χ2n) is 5.46. The normalized spacial score (nSPS) is 20.3. The Labute approximate surface area is 115 Å². The van der Waals surface area contributed by atoms with Crippen molar-refractivity contribution in [2.75, 3.05) is 26.2 Å². The summed E-state index contributed by atoms with van der Waals surface area (Å²) in [7, 11) is 0. The molecule has 1 aliphatic rings. The highest BCUT2D eigenvalue weighted by molar-refractivity contribution is 5.84. The van der Waals surface area contributed by atoms with E-state index >= 15 is 0 Å². The summed E-state index contributed by atoms with van der Waals surface area (Å²) in [6.07, 6.45) is 5.08. The van der Waals surface area contributed by atoms with E-state index in [1.807, 2.05) is 0 Å². The summed E-state index contributed by atoms with van der Waals surface area (Å²) >= 11 is 0. The maximum absolute atomic E-state index is 11.8. The van der Waals surface area contributed by atoms with Gasteiger partial charge in [0, 0.05) is 19.0 Å². The van der Waals surface area contributed by atoms with Crippen LogP contribution in [0.25, 0.3) is 0 Å². The summed E-state index contributed by atoms with van der Waals surface area (Å²) in [4.78, 5) is 25.0. The summed E-state index contributed by atoms with van der Waals surface area (Å²) in [5.41, 5.74) is 0. The van der Waals surface area contributed by atoms with E-state index in [4.69, 9.17) is 5.11 Å². The number of carboxylic acids is 1. The van der Waals surface area contributed by atoms with E-state index in [0.29, 0.717) is 6.54 Å². The Morgan fingerprint density at radius 2 is 1.68 bits per heavy atom. The van der Waals surface area contributed by atoms with E-state index in [9.17, 15) is 9.59 Å². The number of aliphatic carboxylic acids is 1. The summed E-state index contributed by atoms with van der Waals surface area (Å²) in [5, 5.41) is 11.7. The van der Waals surface area contributed by atoms with Crippen molar-refractivity contribution in [1.29, 1.82) is 0 Å². The van der Waals surface area contributed by atoms with Gasteiger partial charge in [0.25, 0.3) is 0 Å². The van der Waals surface area contributed by atoms with E-state index in [0.717, 1.165) is 19.6 Å². The van der Waals surface area contributed by atoms with Crippen LogP contribution in [-0.2, 0) is 9.59 Å². The predicted molar refractivity (Wildman–Crippen MR) is 73.9 cm³/mol. The van der Waals surface area contributed by atoms with Gasteiger partial charge in [-0.25, -0.2) is 0 Å². The van der Waals surface area contributed by atoms with Gasteiger partial charge in [0.15, 0.2) is 0 Å². The highest BCUT2D eigenvalue weighted by Gasteiger charge is 2.25. The van der Waals surface area contributed by atoms with Crippen LogP contribution in [0.5, 0.6) is 0 Å². The van der Waals surface area contributed by atoms with Crippen LogP contribution in [0.3, 0.4) is 0 Å². The van der Waals surface area contributed by atoms with Gasteiger partial charge in [0.1, 0.15) is 0 Å². The summed E-state index contributed by atoms with van der Waals surface area (Å²) < 4.78 is 0. The minimum absolute atomic E-state index is 0.162. The fourth-order valence-electron chi connectivity index (χ4n) is 2.30. The molecule has 1 fully saturated rings. The predicted octanol–water partition coefficient (Wildman–Crippen LogP) is 1.34. The lowest BCUT2D eigenvalue weighted by Gasteiger charge is -2.21. The van der Waals surface area contributed by atoms with Gasteiger partial charge in [-0.3, -0.25) is 9.59 Å². The van der Waals surface area contributed by atoms with E-state index in [-0.39, 0.29) is 5.91 Å². The Morgan fingerprint density at radius 3 is 2.21 bits per heavy atom. The topological polar surface area (TPSA) is 69.6 Å². The van der Waals surface area contributed by atoms with Gasteiger partial charge < -0.3 is 15.3 Å². The maximum Gasteiger partial charge on any atom is 0.307 e. The first-order valence-corrected chi connectivity index (χ1v) is 7.25. The van der Waals surface area contributed by atoms with Gasteiger partial charge in [0.2, 0.25) is 5.91 Å². The number of carboxylic acid groups (broad SMARTS) is 1. The second kappa shape index (κ2) is 8.15. The number of hydrogen-bond acceptors (Lipinski definition) is 3. The van der Waals surface area contributed by atoms with E-state index < -0.39 is 17.8 Å². The zero-order chi connectivity index (χ0) is 14.3. The SMILES string of the molecule is CC(C(=O)O)C(C)C(=O)NCCN1CCCCCC1. The zero-order valence-electron chi connectivity index (χ0n) is 12.0. The van der Waals surface area contributed by atoms with Crippen LogP contribution in [0.1, 0.15) is 39.5 Å². The van der Waals surface area contributed by atoms with Crippen LogP contribution in [-0.4, -0.2) is 48.1 Å². The molecule has 1 aliphatic heterocycles. The Balaban J connectivity index is 2.24. The Kier molecular flexibility index (Phi) is 6.84. The number of nitrogens with one attached hydrogen (secondary N) is 1. The third kappa shape index (κ3) is 5.59. The Morgan fingerprint density at radius 1 is 1.11 bits per heavy atom. The van der Waals surface area contributed by atoms with Crippen LogP contribution in [0.4, 0.5) is 0 Å². The molecular formula is C14H26N2O3. The molecule has 1 saturated heterocycles. The molecule has 0 aliphatic carbocycles. The lowest BCUT2D eigenvalue weighted by molar-refractivity contribution is -0.146. The molecular weight excluding hydrogens is 244 g/mol. The highest BCUT2D eigenvalue weighted by Crippen LogP contribution is 2.11. The number of amides is 1. The van der Waals surface area contributed by atoms with Crippen molar-refractivity contribution in [2.45, 2.75) is 39.5 Å². The van der Waals surface area contributed by atoms with Gasteiger partial charge >= 0.3 is 5.97 Å². The average molecular weight is 270 g/mol. The van der Waals surface area contributed by atoms with Crippen LogP contribution >= 0.6 is 0 Å². The van der Waals surface area contributed by atoms with Crippen molar-refractivity contribution in [1.82, 2.24) is 10.2 Å². The number of carbonyl (C=O) groups is 2. The number of nitrogens with zero attached hydrogens (tertiary/aromatic N) is 1. The molecule has 0 aromatic carbocycles. The molecule has 1 amide bonds. The van der Waals surface area contributed by atoms with Crippen LogP contribution in [0, 0.1) is 11.8 Å². The smallest absolute Gasteiger partial charge is 0.307 e. The molecule has 2 N–H and O–H groups in total. The largest absolute Gasteiger partial charge is 0.481 e. The quantitative estimate of drug-likeness (QED) is 0.764. The van der Waals surface area contributed by atoms with Gasteiger partial charge in [0.05, 0.1) is 5.92 Å². The minimum atomic E-state index is -0.921. The van der Waals surface area contributed by atoms with Crippen molar-refractivity contribution in [3.05, 3.63) is 0 Å². The van der Waals surface area contributed by atoms with Crippen molar-refractivity contribution in [3.8, 4) is 0 Å². The molecule has 0 spiro atoms. The Hall–Kier alpha value is -1.10. The summed E-state index contributed by atoms with van der Waals surface area (Å²) in [6, 6.07) is 0. The first-order valence-electron chi connectivity index (χ1n) is 7.25. The molecule has 5 heteroatoms. The van der Waals surface area contributed by atoms with Crippen LogP contribution < -0.4 is 5.32 Å². The Bertz CT molecular complexity index is 299. The van der Waals surface area contributed by atoms with Crippen molar-refractivity contribution >= 4 is 11.9 Å². The molecule has 0 radical (unpaired) electrons. The number of carbonyl (C=O) groups excluding carboxylic acids is 1. The second-order valence-corrected chi connectivity index (χ2v) is 5.46. The fraction of sp³-hybridized carbons (Fsp3) is 0.857. The highest BCUT2D eigenvalue weighted by atomic mass is 16.4. The number of hydrogen-bond donors (Lipinski definition) is 2. The standard InChI is InChI=1S/C14H26N2O3/c1-11(12(2)14(18)19)13(17)15-7-10-16-8-5-3-4-6-9-16/h11-12H,3-10H2,1-2H3,(H,15,17)(H,18,19). The molecule has 19 heavy (non-hydrogen) atoms. The summed E-state index contributed by atoms with van der Waals surface area (Å²) in [6.45, 7) is 6.92. The molecule has 2 atom stereocenters. The molecule has 5 nitrogen and oxygen atoms in total. The molecule has 0 bridgehead atoms. The van der Waals surface area contributed by atoms with Gasteiger partial charge in [-0.15, -0.1) is 0 Å². The van der Waals surface area contributed by atoms with E-state index in [2.05, 4.69) is 10.2 Å².